The van der Waals surface area contributed by atoms with Gasteiger partial charge in [0.2, 0.25) is 15.9 Å². The maximum atomic E-state index is 13.4. The van der Waals surface area contributed by atoms with Gasteiger partial charge in [0.25, 0.3) is 5.91 Å². The summed E-state index contributed by atoms with van der Waals surface area (Å²) in [5.74, 6) is 0.375. The van der Waals surface area contributed by atoms with Crippen LogP contribution >= 0.6 is 0 Å². The minimum Gasteiger partial charge on any atom is -0.496 e. The highest BCUT2D eigenvalue weighted by atomic mass is 32.2. The number of ether oxygens (including phenoxy) is 1. The highest BCUT2D eigenvalue weighted by Gasteiger charge is 2.42. The van der Waals surface area contributed by atoms with E-state index in [0.717, 1.165) is 17.6 Å². The van der Waals surface area contributed by atoms with Gasteiger partial charge < -0.3 is 14.5 Å². The lowest BCUT2D eigenvalue weighted by atomic mass is 10.1. The van der Waals surface area contributed by atoms with Crippen molar-refractivity contribution in [2.45, 2.75) is 23.8 Å². The largest absolute Gasteiger partial charge is 0.496 e. The van der Waals surface area contributed by atoms with Gasteiger partial charge in [0, 0.05) is 43.9 Å². The fraction of sp³-hybridized carbons (Fsp3) is 0.333. The molecule has 0 saturated carbocycles. The molecular weight excluding hydrogens is 478 g/mol. The third-order valence-corrected chi connectivity index (χ3v) is 8.98. The van der Waals surface area contributed by atoms with Gasteiger partial charge in [-0.3, -0.25) is 9.59 Å². The monoisotopic (exact) mass is 507 g/mol. The number of methoxy groups -OCH3 is 1. The minimum atomic E-state index is -3.71. The maximum absolute atomic E-state index is 13.4. The molecule has 1 unspecified atom stereocenters. The van der Waals surface area contributed by atoms with E-state index in [0.29, 0.717) is 42.9 Å². The Morgan fingerprint density at radius 3 is 2.36 bits per heavy atom. The fourth-order valence-electron chi connectivity index (χ4n) is 5.28. The SMILES string of the molecule is C=Cc1cc(S(=O)(=O)N2CC3=C(CN(C(=O)C4CCCN4C(=O)c4ccccc4)C3)C2)ccc1OC. The number of benzene rings is 2. The van der Waals surface area contributed by atoms with Gasteiger partial charge >= 0.3 is 0 Å². The summed E-state index contributed by atoms with van der Waals surface area (Å²) >= 11 is 0. The van der Waals surface area contributed by atoms with Crippen LogP contribution in [-0.2, 0) is 14.8 Å². The molecule has 3 heterocycles. The molecule has 3 aliphatic rings. The van der Waals surface area contributed by atoms with Crippen LogP contribution in [0.15, 0.2) is 71.2 Å². The van der Waals surface area contributed by atoms with Gasteiger partial charge in [0.1, 0.15) is 11.8 Å². The maximum Gasteiger partial charge on any atom is 0.254 e. The van der Waals surface area contributed by atoms with E-state index in [1.54, 1.807) is 46.2 Å². The number of likely N-dealkylation sites (tertiary alicyclic amines) is 1. The number of nitrogens with zero attached hydrogens (tertiary/aromatic N) is 3. The molecule has 1 saturated heterocycles. The summed E-state index contributed by atoms with van der Waals surface area (Å²) in [6, 6.07) is 13.3. The van der Waals surface area contributed by atoms with Crippen molar-refractivity contribution in [3.05, 3.63) is 77.4 Å². The van der Waals surface area contributed by atoms with E-state index in [1.165, 1.54) is 11.4 Å². The van der Waals surface area contributed by atoms with Crippen molar-refractivity contribution in [1.82, 2.24) is 14.1 Å². The van der Waals surface area contributed by atoms with E-state index in [9.17, 15) is 18.0 Å². The zero-order valence-corrected chi connectivity index (χ0v) is 21.0. The highest BCUT2D eigenvalue weighted by molar-refractivity contribution is 7.89. The first-order chi connectivity index (χ1) is 17.3. The molecule has 0 aromatic heterocycles. The summed E-state index contributed by atoms with van der Waals surface area (Å²) < 4.78 is 33.3. The second-order valence-electron chi connectivity index (χ2n) is 9.30. The van der Waals surface area contributed by atoms with Crippen molar-refractivity contribution < 1.29 is 22.7 Å². The second-order valence-corrected chi connectivity index (χ2v) is 11.2. The van der Waals surface area contributed by atoms with Gasteiger partial charge in [-0.15, -0.1) is 0 Å². The second kappa shape index (κ2) is 9.55. The number of carbonyl (C=O) groups excluding carboxylic acids is 2. The summed E-state index contributed by atoms with van der Waals surface area (Å²) in [5, 5.41) is 0. The Morgan fingerprint density at radius 1 is 1.03 bits per heavy atom. The Morgan fingerprint density at radius 2 is 1.72 bits per heavy atom. The quantitative estimate of drug-likeness (QED) is 0.561. The van der Waals surface area contributed by atoms with Gasteiger partial charge in [0.15, 0.2) is 0 Å². The lowest BCUT2D eigenvalue weighted by Crippen LogP contribution is -2.48. The van der Waals surface area contributed by atoms with E-state index in [2.05, 4.69) is 6.58 Å². The Labute approximate surface area is 211 Å². The minimum absolute atomic E-state index is 0.0635. The predicted octanol–water partition coefficient (Wildman–Crippen LogP) is 2.79. The first-order valence-corrected chi connectivity index (χ1v) is 13.4. The molecule has 0 bridgehead atoms. The summed E-state index contributed by atoms with van der Waals surface area (Å²) in [5.41, 5.74) is 3.12. The van der Waals surface area contributed by atoms with Crippen LogP contribution in [0, 0.1) is 0 Å². The first kappa shape index (κ1) is 24.3. The van der Waals surface area contributed by atoms with E-state index in [1.807, 2.05) is 18.2 Å². The molecule has 5 rings (SSSR count). The van der Waals surface area contributed by atoms with Crippen molar-refractivity contribution in [2.24, 2.45) is 0 Å². The molecule has 0 N–H and O–H groups in total. The summed E-state index contributed by atoms with van der Waals surface area (Å²) in [7, 11) is -2.18. The predicted molar refractivity (Wildman–Crippen MR) is 136 cm³/mol. The van der Waals surface area contributed by atoms with E-state index >= 15 is 0 Å². The Kier molecular flexibility index (Phi) is 6.44. The first-order valence-electron chi connectivity index (χ1n) is 12.0. The normalized spacial score (nSPS) is 20.1. The van der Waals surface area contributed by atoms with Crippen LogP contribution in [0.3, 0.4) is 0 Å². The molecule has 1 fully saturated rings. The van der Waals surface area contributed by atoms with Crippen LogP contribution in [-0.4, -0.2) is 80.2 Å². The molecule has 36 heavy (non-hydrogen) atoms. The van der Waals surface area contributed by atoms with Crippen molar-refractivity contribution in [2.75, 3.05) is 39.8 Å². The molecule has 9 heteroatoms. The number of hydrogen-bond acceptors (Lipinski definition) is 5. The van der Waals surface area contributed by atoms with Crippen LogP contribution in [0.4, 0.5) is 0 Å². The fourth-order valence-corrected chi connectivity index (χ4v) is 6.74. The molecule has 2 aromatic carbocycles. The lowest BCUT2D eigenvalue weighted by molar-refractivity contribution is -0.134. The average molecular weight is 508 g/mol. The van der Waals surface area contributed by atoms with E-state index in [4.69, 9.17) is 4.74 Å². The Hall–Kier alpha value is -3.43. The van der Waals surface area contributed by atoms with Gasteiger partial charge in [0.05, 0.1) is 12.0 Å². The number of sulfonamides is 1. The molecule has 2 aromatic rings. The van der Waals surface area contributed by atoms with Crippen molar-refractivity contribution in [3.63, 3.8) is 0 Å². The third-order valence-electron chi connectivity index (χ3n) is 7.19. The van der Waals surface area contributed by atoms with Gasteiger partial charge in [-0.05, 0) is 54.3 Å². The van der Waals surface area contributed by atoms with Crippen LogP contribution in [0.1, 0.15) is 28.8 Å². The van der Waals surface area contributed by atoms with Crippen molar-refractivity contribution in [1.29, 1.82) is 0 Å². The molecule has 8 nitrogen and oxygen atoms in total. The molecular formula is C27H29N3O5S. The van der Waals surface area contributed by atoms with Gasteiger partial charge in [-0.2, -0.15) is 4.31 Å². The van der Waals surface area contributed by atoms with E-state index < -0.39 is 16.1 Å². The molecule has 1 atom stereocenters. The van der Waals surface area contributed by atoms with Crippen LogP contribution in [0.5, 0.6) is 5.75 Å². The number of hydrogen-bond donors (Lipinski definition) is 0. The third kappa shape index (κ3) is 4.22. The smallest absolute Gasteiger partial charge is 0.254 e. The molecule has 188 valence electrons. The molecule has 2 amide bonds. The Balaban J connectivity index is 1.25. The average Bonchev–Trinajstić information content (AvgIpc) is 3.63. The number of rotatable bonds is 6. The number of carbonyl (C=O) groups is 2. The highest BCUT2D eigenvalue weighted by Crippen LogP contribution is 2.33. The van der Waals surface area contributed by atoms with E-state index in [-0.39, 0.29) is 29.8 Å². The number of amides is 2. The lowest BCUT2D eigenvalue weighted by Gasteiger charge is -2.29. The molecule has 3 aliphatic heterocycles. The van der Waals surface area contributed by atoms with Gasteiger partial charge in [-0.25, -0.2) is 8.42 Å². The zero-order chi connectivity index (χ0) is 25.4. The van der Waals surface area contributed by atoms with Crippen LogP contribution in [0.25, 0.3) is 6.08 Å². The van der Waals surface area contributed by atoms with Crippen LogP contribution in [0.2, 0.25) is 0 Å². The van der Waals surface area contributed by atoms with Crippen molar-refractivity contribution in [3.8, 4) is 5.75 Å². The summed E-state index contributed by atoms with van der Waals surface area (Å²) in [6.07, 6.45) is 3.00. The standard InChI is InChI=1S/C27H29N3O5S/c1-3-19-14-23(11-12-25(19)35-2)36(33,34)29-17-21-15-28(16-22(21)18-29)27(32)24-10-7-13-30(24)26(31)20-8-5-4-6-9-20/h3-6,8-9,11-12,14,24H,1,7,10,13,15-18H2,2H3. The zero-order valence-electron chi connectivity index (χ0n) is 20.2. The summed E-state index contributed by atoms with van der Waals surface area (Å²) in [4.78, 5) is 30.0. The van der Waals surface area contributed by atoms with Gasteiger partial charge in [-0.1, -0.05) is 30.9 Å². The topological polar surface area (TPSA) is 87.2 Å². The molecule has 0 aliphatic carbocycles. The molecule has 0 radical (unpaired) electrons. The molecule has 0 spiro atoms. The van der Waals surface area contributed by atoms with Crippen molar-refractivity contribution >= 4 is 27.9 Å². The summed E-state index contributed by atoms with van der Waals surface area (Å²) in [6.45, 7) is 5.60. The Bertz CT molecular complexity index is 1330. The van der Waals surface area contributed by atoms with Crippen LogP contribution < -0.4 is 4.74 Å².